The molecule has 142 valence electrons. The highest BCUT2D eigenvalue weighted by molar-refractivity contribution is 7.13. The van der Waals surface area contributed by atoms with Crippen LogP contribution in [0.4, 0.5) is 0 Å². The first-order chi connectivity index (χ1) is 13.6. The molecule has 0 aliphatic heterocycles. The highest BCUT2D eigenvalue weighted by Gasteiger charge is 2.21. The lowest BCUT2D eigenvalue weighted by Crippen LogP contribution is -2.08. The van der Waals surface area contributed by atoms with Gasteiger partial charge in [0.2, 0.25) is 0 Å². The number of rotatable bonds is 5. The zero-order valence-electron chi connectivity index (χ0n) is 15.1. The lowest BCUT2D eigenvalue weighted by Gasteiger charge is -2.10. The van der Waals surface area contributed by atoms with Gasteiger partial charge in [-0.3, -0.25) is 0 Å². The van der Waals surface area contributed by atoms with E-state index >= 15 is 0 Å². The van der Waals surface area contributed by atoms with Crippen LogP contribution >= 0.6 is 22.9 Å². The SMILES string of the molecule is COc1ccc(Cl)cc1COC(=O)c1cc(-c2cccs2)nc2onc(C)c12. The average Bonchev–Trinajstić information content (AvgIpc) is 3.36. The Morgan fingerprint density at radius 2 is 2.14 bits per heavy atom. The van der Waals surface area contributed by atoms with Gasteiger partial charge in [0.1, 0.15) is 12.4 Å². The van der Waals surface area contributed by atoms with Gasteiger partial charge in [0, 0.05) is 10.6 Å². The molecule has 0 unspecified atom stereocenters. The van der Waals surface area contributed by atoms with E-state index in [1.165, 1.54) is 11.3 Å². The Hall–Kier alpha value is -2.90. The van der Waals surface area contributed by atoms with Crippen molar-refractivity contribution in [3.63, 3.8) is 0 Å². The molecular formula is C20H15ClN2O4S. The van der Waals surface area contributed by atoms with Gasteiger partial charge < -0.3 is 14.0 Å². The molecule has 3 aromatic heterocycles. The Bertz CT molecular complexity index is 1150. The summed E-state index contributed by atoms with van der Waals surface area (Å²) in [6.45, 7) is 1.78. The molecule has 8 heteroatoms. The summed E-state index contributed by atoms with van der Waals surface area (Å²) in [5.41, 5.74) is 2.54. The Morgan fingerprint density at radius 1 is 1.29 bits per heavy atom. The van der Waals surface area contributed by atoms with Gasteiger partial charge in [-0.2, -0.15) is 0 Å². The van der Waals surface area contributed by atoms with Gasteiger partial charge in [0.05, 0.1) is 34.3 Å². The summed E-state index contributed by atoms with van der Waals surface area (Å²) in [6.07, 6.45) is 0. The van der Waals surface area contributed by atoms with Gasteiger partial charge in [0.25, 0.3) is 5.71 Å². The van der Waals surface area contributed by atoms with E-state index in [2.05, 4.69) is 10.1 Å². The molecule has 0 spiro atoms. The Balaban J connectivity index is 1.69. The van der Waals surface area contributed by atoms with Crippen LogP contribution in [0, 0.1) is 6.92 Å². The molecule has 0 N–H and O–H groups in total. The summed E-state index contributed by atoms with van der Waals surface area (Å²) in [7, 11) is 1.55. The quantitative estimate of drug-likeness (QED) is 0.413. The third-order valence-electron chi connectivity index (χ3n) is 4.21. The number of fused-ring (bicyclic) bond motifs is 1. The number of aryl methyl sites for hydroxylation is 1. The average molecular weight is 415 g/mol. The number of carbonyl (C=O) groups excluding carboxylic acids is 1. The first-order valence-corrected chi connectivity index (χ1v) is 9.63. The summed E-state index contributed by atoms with van der Waals surface area (Å²) >= 11 is 7.57. The van der Waals surface area contributed by atoms with E-state index in [1.54, 1.807) is 38.3 Å². The van der Waals surface area contributed by atoms with Crippen LogP contribution < -0.4 is 4.74 Å². The molecule has 0 atom stereocenters. The number of nitrogens with zero attached hydrogens (tertiary/aromatic N) is 2. The fourth-order valence-corrected chi connectivity index (χ4v) is 3.77. The van der Waals surface area contributed by atoms with Crippen LogP contribution in [0.5, 0.6) is 5.75 Å². The van der Waals surface area contributed by atoms with Gasteiger partial charge in [-0.1, -0.05) is 22.8 Å². The van der Waals surface area contributed by atoms with E-state index in [1.807, 2.05) is 17.5 Å². The molecule has 3 heterocycles. The number of hydrogen-bond acceptors (Lipinski definition) is 7. The van der Waals surface area contributed by atoms with Crippen molar-refractivity contribution in [2.45, 2.75) is 13.5 Å². The largest absolute Gasteiger partial charge is 0.496 e. The van der Waals surface area contributed by atoms with Crippen molar-refractivity contribution in [2.75, 3.05) is 7.11 Å². The van der Waals surface area contributed by atoms with Crippen molar-refractivity contribution in [3.8, 4) is 16.3 Å². The predicted octanol–water partition coefficient (Wildman–Crippen LogP) is 5.28. The number of esters is 1. The first-order valence-electron chi connectivity index (χ1n) is 8.37. The number of hydrogen-bond donors (Lipinski definition) is 0. The molecule has 28 heavy (non-hydrogen) atoms. The molecule has 0 saturated carbocycles. The number of pyridine rings is 1. The third kappa shape index (κ3) is 3.46. The van der Waals surface area contributed by atoms with Crippen molar-refractivity contribution in [2.24, 2.45) is 0 Å². The monoisotopic (exact) mass is 414 g/mol. The number of aromatic nitrogens is 2. The molecule has 0 bridgehead atoms. The molecule has 0 amide bonds. The smallest absolute Gasteiger partial charge is 0.339 e. The van der Waals surface area contributed by atoms with Gasteiger partial charge in [0.15, 0.2) is 0 Å². The van der Waals surface area contributed by atoms with Crippen molar-refractivity contribution < 1.29 is 18.8 Å². The molecule has 0 saturated heterocycles. The maximum atomic E-state index is 12.9. The second kappa shape index (κ2) is 7.61. The minimum Gasteiger partial charge on any atom is -0.496 e. The Kier molecular flexibility index (Phi) is 5.02. The maximum Gasteiger partial charge on any atom is 0.339 e. The van der Waals surface area contributed by atoms with Crippen LogP contribution in [-0.4, -0.2) is 23.2 Å². The molecule has 0 fully saturated rings. The number of thiophene rings is 1. The van der Waals surface area contributed by atoms with Crippen LogP contribution in [0.2, 0.25) is 5.02 Å². The zero-order valence-corrected chi connectivity index (χ0v) is 16.6. The fraction of sp³-hybridized carbons (Fsp3) is 0.150. The van der Waals surface area contributed by atoms with Crippen molar-refractivity contribution in [3.05, 3.63) is 63.6 Å². The van der Waals surface area contributed by atoms with Crippen LogP contribution in [0.1, 0.15) is 21.6 Å². The summed E-state index contributed by atoms with van der Waals surface area (Å²) in [5, 5.41) is 6.96. The standard InChI is InChI=1S/C20H15ClN2O4S/c1-11-18-14(9-15(17-4-3-7-28-17)22-19(18)27-23-11)20(24)26-10-12-8-13(21)5-6-16(12)25-2/h3-9H,10H2,1-2H3. The van der Waals surface area contributed by atoms with E-state index in [0.29, 0.717) is 44.4 Å². The van der Waals surface area contributed by atoms with E-state index in [9.17, 15) is 4.79 Å². The normalized spacial score (nSPS) is 11.0. The van der Waals surface area contributed by atoms with Crippen LogP contribution in [0.25, 0.3) is 21.7 Å². The van der Waals surface area contributed by atoms with E-state index in [-0.39, 0.29) is 6.61 Å². The highest BCUT2D eigenvalue weighted by atomic mass is 35.5. The van der Waals surface area contributed by atoms with Crippen LogP contribution in [-0.2, 0) is 11.3 Å². The van der Waals surface area contributed by atoms with Gasteiger partial charge in [-0.25, -0.2) is 9.78 Å². The van der Waals surface area contributed by atoms with E-state index in [0.717, 1.165) is 4.88 Å². The number of halogens is 1. The van der Waals surface area contributed by atoms with Crippen LogP contribution in [0.15, 0.2) is 46.3 Å². The minimum absolute atomic E-state index is 0.0189. The van der Waals surface area contributed by atoms with Gasteiger partial charge in [-0.05, 0) is 42.6 Å². The maximum absolute atomic E-state index is 12.9. The number of carbonyl (C=O) groups is 1. The zero-order chi connectivity index (χ0) is 19.7. The first kappa shape index (κ1) is 18.5. The molecule has 6 nitrogen and oxygen atoms in total. The molecule has 4 rings (SSSR count). The molecule has 0 aliphatic carbocycles. The molecular weight excluding hydrogens is 400 g/mol. The molecule has 4 aromatic rings. The summed E-state index contributed by atoms with van der Waals surface area (Å²) in [6, 6.07) is 10.7. The number of ether oxygens (including phenoxy) is 2. The van der Waals surface area contributed by atoms with Gasteiger partial charge >= 0.3 is 5.97 Å². The topological polar surface area (TPSA) is 74.5 Å². The lowest BCUT2D eigenvalue weighted by atomic mass is 10.1. The summed E-state index contributed by atoms with van der Waals surface area (Å²) in [5.74, 6) is 0.0936. The molecule has 0 radical (unpaired) electrons. The highest BCUT2D eigenvalue weighted by Crippen LogP contribution is 2.30. The van der Waals surface area contributed by atoms with Gasteiger partial charge in [-0.15, -0.1) is 11.3 Å². The number of benzene rings is 1. The lowest BCUT2D eigenvalue weighted by molar-refractivity contribution is 0.0472. The third-order valence-corrected chi connectivity index (χ3v) is 5.34. The fourth-order valence-electron chi connectivity index (χ4n) is 2.89. The Labute approximate surface area is 169 Å². The van der Waals surface area contributed by atoms with Crippen molar-refractivity contribution in [1.29, 1.82) is 0 Å². The second-order valence-electron chi connectivity index (χ2n) is 6.01. The molecule has 1 aromatic carbocycles. The van der Waals surface area contributed by atoms with E-state index < -0.39 is 5.97 Å². The van der Waals surface area contributed by atoms with Crippen molar-refractivity contribution in [1.82, 2.24) is 10.1 Å². The molecule has 0 aliphatic rings. The number of methoxy groups -OCH3 is 1. The van der Waals surface area contributed by atoms with Crippen LogP contribution in [0.3, 0.4) is 0 Å². The summed E-state index contributed by atoms with van der Waals surface area (Å²) < 4.78 is 16.1. The minimum atomic E-state index is -0.501. The second-order valence-corrected chi connectivity index (χ2v) is 7.40. The predicted molar refractivity (Wildman–Crippen MR) is 107 cm³/mol. The summed E-state index contributed by atoms with van der Waals surface area (Å²) in [4.78, 5) is 18.3. The Morgan fingerprint density at radius 3 is 2.89 bits per heavy atom. The van der Waals surface area contributed by atoms with Crippen molar-refractivity contribution >= 4 is 40.0 Å². The van der Waals surface area contributed by atoms with E-state index in [4.69, 9.17) is 25.6 Å².